The van der Waals surface area contributed by atoms with Crippen LogP contribution >= 0.6 is 0 Å². The summed E-state index contributed by atoms with van der Waals surface area (Å²) in [5.41, 5.74) is 2.41. The fraction of sp³-hybridized carbons (Fsp3) is 0.474. The van der Waals surface area contributed by atoms with Crippen LogP contribution in [0, 0.1) is 13.8 Å². The number of rotatable bonds is 6. The number of nitrogens with zero attached hydrogens (tertiary/aromatic N) is 4. The van der Waals surface area contributed by atoms with Crippen LogP contribution in [-0.4, -0.2) is 66.0 Å². The van der Waals surface area contributed by atoms with Gasteiger partial charge in [0.1, 0.15) is 4.90 Å². The number of piperazine rings is 1. The third kappa shape index (κ3) is 4.60. The number of hydrogen-bond donors (Lipinski definition) is 1. The molecular weight excluding hydrogens is 378 g/mol. The Morgan fingerprint density at radius 1 is 1.11 bits per heavy atom. The molecule has 152 valence electrons. The van der Waals surface area contributed by atoms with E-state index in [4.69, 9.17) is 0 Å². The minimum Gasteiger partial charge on any atom is -0.325 e. The molecule has 0 aliphatic carbocycles. The second-order valence-electron chi connectivity index (χ2n) is 7.03. The Morgan fingerprint density at radius 3 is 2.32 bits per heavy atom. The third-order valence-electron chi connectivity index (χ3n) is 4.88. The van der Waals surface area contributed by atoms with Crippen molar-refractivity contribution in [1.29, 1.82) is 0 Å². The average Bonchev–Trinajstić information content (AvgIpc) is 3.06. The normalized spacial score (nSPS) is 16.2. The Hall–Kier alpha value is -2.23. The lowest BCUT2D eigenvalue weighted by molar-refractivity contribution is -0.117. The average molecular weight is 406 g/mol. The number of sulfonamides is 1. The van der Waals surface area contributed by atoms with Gasteiger partial charge >= 0.3 is 0 Å². The Bertz CT molecular complexity index is 929. The van der Waals surface area contributed by atoms with Crippen molar-refractivity contribution in [2.75, 3.05) is 38.0 Å². The second kappa shape index (κ2) is 8.42. The molecule has 2 heterocycles. The van der Waals surface area contributed by atoms with E-state index in [9.17, 15) is 13.2 Å². The molecular formula is C19H27N5O3S. The van der Waals surface area contributed by atoms with Crippen molar-refractivity contribution in [1.82, 2.24) is 19.0 Å². The lowest BCUT2D eigenvalue weighted by Gasteiger charge is -2.33. The van der Waals surface area contributed by atoms with E-state index in [1.54, 1.807) is 17.8 Å². The van der Waals surface area contributed by atoms with E-state index in [-0.39, 0.29) is 17.3 Å². The van der Waals surface area contributed by atoms with Gasteiger partial charge < -0.3 is 5.32 Å². The molecule has 2 aromatic rings. The monoisotopic (exact) mass is 405 g/mol. The molecule has 28 heavy (non-hydrogen) atoms. The molecule has 3 rings (SSSR count). The number of aromatic nitrogens is 2. The molecule has 1 aromatic heterocycles. The Morgan fingerprint density at radius 2 is 1.75 bits per heavy atom. The lowest BCUT2D eigenvalue weighted by atomic mass is 10.2. The van der Waals surface area contributed by atoms with E-state index in [0.717, 1.165) is 11.3 Å². The molecule has 0 bridgehead atoms. The molecule has 1 saturated heterocycles. The van der Waals surface area contributed by atoms with Gasteiger partial charge in [0.2, 0.25) is 15.9 Å². The minimum atomic E-state index is -3.56. The summed E-state index contributed by atoms with van der Waals surface area (Å²) < 4.78 is 28.9. The van der Waals surface area contributed by atoms with Crippen molar-refractivity contribution in [2.45, 2.75) is 32.2 Å². The van der Waals surface area contributed by atoms with Crippen molar-refractivity contribution in [3.05, 3.63) is 41.7 Å². The number of carbonyl (C=O) groups is 1. The summed E-state index contributed by atoms with van der Waals surface area (Å²) in [5.74, 6) is -0.0970. The molecule has 1 amide bonds. The van der Waals surface area contributed by atoms with Crippen LogP contribution < -0.4 is 5.32 Å². The molecule has 0 unspecified atom stereocenters. The predicted molar refractivity (Wildman–Crippen MR) is 108 cm³/mol. The van der Waals surface area contributed by atoms with Gasteiger partial charge in [-0.1, -0.05) is 17.7 Å². The van der Waals surface area contributed by atoms with Gasteiger partial charge in [-0.2, -0.15) is 9.40 Å². The van der Waals surface area contributed by atoms with Gasteiger partial charge in [0.15, 0.2) is 0 Å². The van der Waals surface area contributed by atoms with Crippen molar-refractivity contribution < 1.29 is 13.2 Å². The van der Waals surface area contributed by atoms with Crippen molar-refractivity contribution in [2.24, 2.45) is 0 Å². The molecule has 8 nitrogen and oxygen atoms in total. The molecule has 1 N–H and O–H groups in total. The predicted octanol–water partition coefficient (Wildman–Crippen LogP) is 1.46. The highest BCUT2D eigenvalue weighted by atomic mass is 32.2. The van der Waals surface area contributed by atoms with Crippen molar-refractivity contribution in [3.8, 4) is 0 Å². The van der Waals surface area contributed by atoms with Crippen LogP contribution in [0.15, 0.2) is 35.4 Å². The highest BCUT2D eigenvalue weighted by Crippen LogP contribution is 2.20. The van der Waals surface area contributed by atoms with Gasteiger partial charge in [-0.3, -0.25) is 14.4 Å². The third-order valence-corrected chi connectivity index (χ3v) is 6.88. The van der Waals surface area contributed by atoms with E-state index in [1.165, 1.54) is 4.31 Å². The van der Waals surface area contributed by atoms with Crippen LogP contribution in [0.3, 0.4) is 0 Å². The quantitative estimate of drug-likeness (QED) is 0.786. The second-order valence-corrected chi connectivity index (χ2v) is 8.94. The summed E-state index contributed by atoms with van der Waals surface area (Å²) in [6.07, 6.45) is 1.59. The van der Waals surface area contributed by atoms with Crippen LogP contribution in [0.25, 0.3) is 0 Å². The fourth-order valence-electron chi connectivity index (χ4n) is 3.22. The van der Waals surface area contributed by atoms with Crippen LogP contribution in [0.4, 0.5) is 5.69 Å². The first kappa shape index (κ1) is 20.5. The van der Waals surface area contributed by atoms with Gasteiger partial charge in [-0.25, -0.2) is 8.42 Å². The highest BCUT2D eigenvalue weighted by molar-refractivity contribution is 7.89. The maximum atomic E-state index is 12.9. The van der Waals surface area contributed by atoms with E-state index in [0.29, 0.717) is 38.4 Å². The first-order valence-corrected chi connectivity index (χ1v) is 10.9. The summed E-state index contributed by atoms with van der Waals surface area (Å²) in [6.45, 7) is 8.24. The number of aryl methyl sites for hydroxylation is 3. The maximum Gasteiger partial charge on any atom is 0.246 e. The van der Waals surface area contributed by atoms with Gasteiger partial charge in [-0.15, -0.1) is 0 Å². The van der Waals surface area contributed by atoms with Gasteiger partial charge in [0, 0.05) is 44.6 Å². The Kier molecular flexibility index (Phi) is 6.17. The zero-order valence-corrected chi connectivity index (χ0v) is 17.4. The molecule has 1 aromatic carbocycles. The largest absolute Gasteiger partial charge is 0.325 e. The summed E-state index contributed by atoms with van der Waals surface area (Å²) in [5, 5.41) is 7.11. The lowest BCUT2D eigenvalue weighted by Crippen LogP contribution is -2.50. The molecule has 0 saturated carbocycles. The number of amides is 1. The molecule has 1 aliphatic heterocycles. The van der Waals surface area contributed by atoms with Crippen LogP contribution in [0.2, 0.25) is 0 Å². The minimum absolute atomic E-state index is 0.0970. The van der Waals surface area contributed by atoms with Crippen molar-refractivity contribution in [3.63, 3.8) is 0 Å². The van der Waals surface area contributed by atoms with E-state index in [1.807, 2.05) is 43.0 Å². The first-order valence-electron chi connectivity index (χ1n) is 9.42. The van der Waals surface area contributed by atoms with Gasteiger partial charge in [0.05, 0.1) is 12.2 Å². The SMILES string of the molecule is CCn1cc(S(=O)(=O)N2CCN(CC(=O)Nc3ccc(C)cc3)CC2)c(C)n1. The number of hydrogen-bond acceptors (Lipinski definition) is 5. The zero-order valence-electron chi connectivity index (χ0n) is 16.6. The van der Waals surface area contributed by atoms with Crippen LogP contribution in [-0.2, 0) is 21.4 Å². The molecule has 1 fully saturated rings. The summed E-state index contributed by atoms with van der Waals surface area (Å²) in [7, 11) is -3.56. The number of anilines is 1. The standard InChI is InChI=1S/C19H27N5O3S/c1-4-23-13-18(16(3)21-23)28(26,27)24-11-9-22(10-12-24)14-19(25)20-17-7-5-15(2)6-8-17/h5-8,13H,4,9-12,14H2,1-3H3,(H,20,25). The molecule has 0 radical (unpaired) electrons. The van der Waals surface area contributed by atoms with Gasteiger partial charge in [-0.05, 0) is 32.9 Å². The molecule has 1 aliphatic rings. The molecule has 9 heteroatoms. The van der Waals surface area contributed by atoms with Crippen molar-refractivity contribution >= 4 is 21.6 Å². The van der Waals surface area contributed by atoms with E-state index in [2.05, 4.69) is 10.4 Å². The number of carbonyl (C=O) groups excluding carboxylic acids is 1. The van der Waals surface area contributed by atoms with Gasteiger partial charge in [0.25, 0.3) is 0 Å². The molecule has 0 atom stereocenters. The number of nitrogens with one attached hydrogen (secondary N) is 1. The summed E-state index contributed by atoms with van der Waals surface area (Å²) >= 11 is 0. The maximum absolute atomic E-state index is 12.9. The smallest absolute Gasteiger partial charge is 0.246 e. The topological polar surface area (TPSA) is 87.5 Å². The Labute approximate surface area is 166 Å². The fourth-order valence-corrected chi connectivity index (χ4v) is 4.81. The first-order chi connectivity index (χ1) is 13.3. The summed E-state index contributed by atoms with van der Waals surface area (Å²) in [6, 6.07) is 7.64. The van der Waals surface area contributed by atoms with Crippen LogP contribution in [0.5, 0.6) is 0 Å². The Balaban J connectivity index is 1.55. The number of benzene rings is 1. The van der Waals surface area contributed by atoms with E-state index < -0.39 is 10.0 Å². The van der Waals surface area contributed by atoms with E-state index >= 15 is 0 Å². The van der Waals surface area contributed by atoms with Crippen LogP contribution in [0.1, 0.15) is 18.2 Å². The molecule has 0 spiro atoms. The zero-order chi connectivity index (χ0) is 20.3. The summed E-state index contributed by atoms with van der Waals surface area (Å²) in [4.78, 5) is 14.5. The highest BCUT2D eigenvalue weighted by Gasteiger charge is 2.31.